The van der Waals surface area contributed by atoms with E-state index in [4.69, 9.17) is 10.8 Å². The Morgan fingerprint density at radius 3 is 2.89 bits per heavy atom. The number of thioether (sulfide) groups is 1. The summed E-state index contributed by atoms with van der Waals surface area (Å²) in [5, 5.41) is 8.82. The molecule has 0 unspecified atom stereocenters. The SMILES string of the molecule is Nc1cc(C(=O)O)c(F)cc1N1CCCSCC1. The summed E-state index contributed by atoms with van der Waals surface area (Å²) < 4.78 is 13.7. The second kappa shape index (κ2) is 5.48. The smallest absolute Gasteiger partial charge is 0.338 e. The van der Waals surface area contributed by atoms with E-state index >= 15 is 0 Å². The zero-order valence-corrected chi connectivity index (χ0v) is 10.7. The fourth-order valence-electron chi connectivity index (χ4n) is 2.00. The van der Waals surface area contributed by atoms with Crippen molar-refractivity contribution in [2.75, 3.05) is 35.2 Å². The van der Waals surface area contributed by atoms with Crippen molar-refractivity contribution >= 4 is 29.1 Å². The highest BCUT2D eigenvalue weighted by Gasteiger charge is 2.18. The van der Waals surface area contributed by atoms with E-state index in [9.17, 15) is 9.18 Å². The largest absolute Gasteiger partial charge is 0.478 e. The Morgan fingerprint density at radius 2 is 2.17 bits per heavy atom. The van der Waals surface area contributed by atoms with Crippen LogP contribution in [0.2, 0.25) is 0 Å². The summed E-state index contributed by atoms with van der Waals surface area (Å²) in [6.45, 7) is 1.63. The highest BCUT2D eigenvalue weighted by atomic mass is 32.2. The molecule has 0 spiro atoms. The molecule has 1 fully saturated rings. The van der Waals surface area contributed by atoms with Crippen molar-refractivity contribution in [3.63, 3.8) is 0 Å². The number of benzene rings is 1. The van der Waals surface area contributed by atoms with Crippen molar-refractivity contribution in [3.8, 4) is 0 Å². The van der Waals surface area contributed by atoms with Gasteiger partial charge in [-0.1, -0.05) is 0 Å². The maximum atomic E-state index is 13.7. The summed E-state index contributed by atoms with van der Waals surface area (Å²) in [6, 6.07) is 2.43. The predicted molar refractivity (Wildman–Crippen MR) is 71.9 cm³/mol. The molecular formula is C12H15FN2O2S. The lowest BCUT2D eigenvalue weighted by atomic mass is 10.1. The maximum Gasteiger partial charge on any atom is 0.338 e. The Labute approximate surface area is 109 Å². The second-order valence-electron chi connectivity index (χ2n) is 4.15. The third kappa shape index (κ3) is 2.69. The average molecular weight is 270 g/mol. The number of carbonyl (C=O) groups is 1. The van der Waals surface area contributed by atoms with E-state index < -0.39 is 11.8 Å². The van der Waals surface area contributed by atoms with E-state index in [0.29, 0.717) is 11.4 Å². The second-order valence-corrected chi connectivity index (χ2v) is 5.37. The lowest BCUT2D eigenvalue weighted by Gasteiger charge is -2.24. The molecule has 0 aliphatic carbocycles. The van der Waals surface area contributed by atoms with Crippen molar-refractivity contribution in [2.45, 2.75) is 6.42 Å². The molecule has 2 rings (SSSR count). The third-order valence-corrected chi connectivity index (χ3v) is 3.96. The fourth-order valence-corrected chi connectivity index (χ4v) is 2.89. The molecule has 6 heteroatoms. The maximum absolute atomic E-state index is 13.7. The first-order chi connectivity index (χ1) is 8.59. The van der Waals surface area contributed by atoms with Gasteiger partial charge in [-0.15, -0.1) is 0 Å². The molecule has 1 heterocycles. The molecule has 1 aliphatic heterocycles. The van der Waals surface area contributed by atoms with Crippen molar-refractivity contribution in [1.82, 2.24) is 0 Å². The Morgan fingerprint density at radius 1 is 1.39 bits per heavy atom. The lowest BCUT2D eigenvalue weighted by Crippen LogP contribution is -2.26. The van der Waals surface area contributed by atoms with Crippen LogP contribution >= 0.6 is 11.8 Å². The van der Waals surface area contributed by atoms with Crippen LogP contribution < -0.4 is 10.6 Å². The summed E-state index contributed by atoms with van der Waals surface area (Å²) in [5.74, 6) is 0.0363. The quantitative estimate of drug-likeness (QED) is 0.805. The van der Waals surface area contributed by atoms with Crippen LogP contribution in [-0.2, 0) is 0 Å². The molecule has 1 aromatic carbocycles. The van der Waals surface area contributed by atoms with Crippen LogP contribution in [0.15, 0.2) is 12.1 Å². The zero-order chi connectivity index (χ0) is 13.1. The number of hydrogen-bond acceptors (Lipinski definition) is 4. The number of carboxylic acids is 1. The van der Waals surface area contributed by atoms with E-state index in [1.807, 2.05) is 16.7 Å². The number of hydrogen-bond donors (Lipinski definition) is 2. The van der Waals surface area contributed by atoms with Gasteiger partial charge >= 0.3 is 5.97 Å². The average Bonchev–Trinajstić information content (AvgIpc) is 2.60. The molecule has 3 N–H and O–H groups in total. The Kier molecular flexibility index (Phi) is 3.96. The van der Waals surface area contributed by atoms with Crippen LogP contribution in [-0.4, -0.2) is 35.7 Å². The van der Waals surface area contributed by atoms with E-state index in [1.54, 1.807) is 0 Å². The van der Waals surface area contributed by atoms with Gasteiger partial charge in [0, 0.05) is 24.9 Å². The van der Waals surface area contributed by atoms with Crippen molar-refractivity contribution < 1.29 is 14.3 Å². The standard InChI is InChI=1S/C12H15FN2O2S/c13-9-7-11(10(14)6-8(9)12(16)17)15-2-1-4-18-5-3-15/h6-7H,1-5,14H2,(H,16,17). The molecule has 0 saturated carbocycles. The number of anilines is 2. The number of nitrogens with two attached hydrogens (primary N) is 1. The third-order valence-electron chi connectivity index (χ3n) is 2.91. The highest BCUT2D eigenvalue weighted by Crippen LogP contribution is 2.28. The Hall–Kier alpha value is -1.43. The van der Waals surface area contributed by atoms with Crippen LogP contribution in [0.5, 0.6) is 0 Å². The first-order valence-electron chi connectivity index (χ1n) is 5.74. The molecule has 4 nitrogen and oxygen atoms in total. The van der Waals surface area contributed by atoms with Gasteiger partial charge in [0.25, 0.3) is 0 Å². The number of halogens is 1. The van der Waals surface area contributed by atoms with Crippen LogP contribution in [0.3, 0.4) is 0 Å². The van der Waals surface area contributed by atoms with E-state index in [2.05, 4.69) is 0 Å². The zero-order valence-electron chi connectivity index (χ0n) is 9.86. The summed E-state index contributed by atoms with van der Waals surface area (Å²) in [6.07, 6.45) is 1.02. The summed E-state index contributed by atoms with van der Waals surface area (Å²) in [7, 11) is 0. The highest BCUT2D eigenvalue weighted by molar-refractivity contribution is 7.99. The van der Waals surface area contributed by atoms with Crippen molar-refractivity contribution in [3.05, 3.63) is 23.5 Å². The molecule has 98 valence electrons. The minimum atomic E-state index is -1.29. The molecule has 0 radical (unpaired) electrons. The summed E-state index contributed by atoms with van der Waals surface area (Å²) in [5.41, 5.74) is 6.37. The topological polar surface area (TPSA) is 66.6 Å². The van der Waals surface area contributed by atoms with Crippen molar-refractivity contribution in [1.29, 1.82) is 0 Å². The first-order valence-corrected chi connectivity index (χ1v) is 6.90. The van der Waals surface area contributed by atoms with Gasteiger partial charge < -0.3 is 15.7 Å². The van der Waals surface area contributed by atoms with Gasteiger partial charge in [0.15, 0.2) is 0 Å². The van der Waals surface area contributed by atoms with Crippen LogP contribution in [0, 0.1) is 5.82 Å². The molecule has 1 aromatic rings. The normalized spacial score (nSPS) is 16.4. The summed E-state index contributed by atoms with van der Waals surface area (Å²) in [4.78, 5) is 12.8. The predicted octanol–water partition coefficient (Wildman–Crippen LogP) is 2.05. The molecule has 18 heavy (non-hydrogen) atoms. The van der Waals surface area contributed by atoms with E-state index in [1.165, 1.54) is 12.1 Å². The molecule has 1 saturated heterocycles. The van der Waals surface area contributed by atoms with Gasteiger partial charge in [0.2, 0.25) is 0 Å². The van der Waals surface area contributed by atoms with Crippen molar-refractivity contribution in [2.24, 2.45) is 0 Å². The summed E-state index contributed by atoms with van der Waals surface area (Å²) >= 11 is 1.86. The van der Waals surface area contributed by atoms with E-state index in [-0.39, 0.29) is 5.56 Å². The molecule has 0 amide bonds. The number of rotatable bonds is 2. The van der Waals surface area contributed by atoms with Crippen LogP contribution in [0.1, 0.15) is 16.8 Å². The van der Waals surface area contributed by atoms with Gasteiger partial charge in [0.1, 0.15) is 5.82 Å². The minimum absolute atomic E-state index is 0.320. The van der Waals surface area contributed by atoms with Gasteiger partial charge in [-0.3, -0.25) is 0 Å². The molecule has 0 atom stereocenters. The van der Waals surface area contributed by atoms with E-state index in [0.717, 1.165) is 31.0 Å². The number of carboxylic acid groups (broad SMARTS) is 1. The molecular weight excluding hydrogens is 255 g/mol. The van der Waals surface area contributed by atoms with Gasteiger partial charge in [-0.2, -0.15) is 11.8 Å². The molecule has 0 bridgehead atoms. The van der Waals surface area contributed by atoms with Crippen LogP contribution in [0.4, 0.5) is 15.8 Å². The Balaban J connectivity index is 2.33. The number of aromatic carboxylic acids is 1. The minimum Gasteiger partial charge on any atom is -0.478 e. The molecule has 1 aliphatic rings. The van der Waals surface area contributed by atoms with Crippen LogP contribution in [0.25, 0.3) is 0 Å². The first kappa shape index (κ1) is 13.0. The number of nitrogen functional groups attached to an aromatic ring is 1. The van der Waals surface area contributed by atoms with Gasteiger partial charge in [-0.05, 0) is 18.2 Å². The lowest BCUT2D eigenvalue weighted by molar-refractivity contribution is 0.0692. The monoisotopic (exact) mass is 270 g/mol. The number of nitrogens with zero attached hydrogens (tertiary/aromatic N) is 1. The van der Waals surface area contributed by atoms with Gasteiger partial charge in [-0.25, -0.2) is 9.18 Å². The Bertz CT molecular complexity index is 460. The fraction of sp³-hybridized carbons (Fsp3) is 0.417. The van der Waals surface area contributed by atoms with Gasteiger partial charge in [0.05, 0.1) is 16.9 Å². The molecule has 0 aromatic heterocycles.